The zero-order valence-corrected chi connectivity index (χ0v) is 17.8. The van der Waals surface area contributed by atoms with Crippen LogP contribution in [0.4, 0.5) is 36.6 Å². The van der Waals surface area contributed by atoms with Crippen LogP contribution in [0, 0.1) is 5.82 Å². The van der Waals surface area contributed by atoms with Gasteiger partial charge in [0.15, 0.2) is 11.6 Å². The number of anilines is 1. The van der Waals surface area contributed by atoms with Crippen LogP contribution in [0.2, 0.25) is 0 Å². The van der Waals surface area contributed by atoms with Crippen LogP contribution in [0.1, 0.15) is 46.8 Å². The largest absolute Gasteiger partial charge is 0.416 e. The van der Waals surface area contributed by atoms with Gasteiger partial charge in [0.2, 0.25) is 0 Å². The lowest BCUT2D eigenvalue weighted by molar-refractivity contribution is -0.138. The first-order valence-electron chi connectivity index (χ1n) is 10.6. The average Bonchev–Trinajstić information content (AvgIpc) is 3.27. The third kappa shape index (κ3) is 5.15. The van der Waals surface area contributed by atoms with E-state index < -0.39 is 29.3 Å². The van der Waals surface area contributed by atoms with E-state index in [1.54, 1.807) is 4.90 Å². The van der Waals surface area contributed by atoms with Crippen molar-refractivity contribution < 1.29 is 30.7 Å². The molecule has 10 heteroatoms. The van der Waals surface area contributed by atoms with Crippen molar-refractivity contribution >= 4 is 5.82 Å². The van der Waals surface area contributed by atoms with E-state index in [4.69, 9.17) is 0 Å². The molecule has 3 aromatic rings. The van der Waals surface area contributed by atoms with E-state index in [0.29, 0.717) is 24.1 Å². The molecule has 0 bridgehead atoms. The van der Waals surface area contributed by atoms with E-state index in [0.717, 1.165) is 30.7 Å². The molecule has 0 radical (unpaired) electrons. The summed E-state index contributed by atoms with van der Waals surface area (Å²) in [6, 6.07) is 9.16. The maximum absolute atomic E-state index is 15.3. The second-order valence-corrected chi connectivity index (χ2v) is 8.12. The van der Waals surface area contributed by atoms with Crippen LogP contribution in [-0.4, -0.2) is 16.5 Å². The molecule has 1 aromatic heterocycles. The molecule has 1 aliphatic heterocycles. The molecule has 1 fully saturated rings. The van der Waals surface area contributed by atoms with Gasteiger partial charge in [-0.3, -0.25) is 0 Å². The highest BCUT2D eigenvalue weighted by Gasteiger charge is 2.33. The fourth-order valence-corrected chi connectivity index (χ4v) is 4.15. The minimum Gasteiger partial charge on any atom is -0.347 e. The highest BCUT2D eigenvalue weighted by atomic mass is 19.4. The molecule has 1 atom stereocenters. The molecule has 180 valence electrons. The van der Waals surface area contributed by atoms with Crippen LogP contribution in [0.25, 0.3) is 0 Å². The van der Waals surface area contributed by atoms with Gasteiger partial charge in [0, 0.05) is 6.54 Å². The number of rotatable bonds is 5. The summed E-state index contributed by atoms with van der Waals surface area (Å²) in [6.45, 7) is 0.484. The van der Waals surface area contributed by atoms with Crippen LogP contribution in [-0.2, 0) is 25.2 Å². The molecule has 0 spiro atoms. The topological polar surface area (TPSA) is 29.0 Å². The maximum Gasteiger partial charge on any atom is 0.416 e. The highest BCUT2D eigenvalue weighted by molar-refractivity contribution is 5.46. The molecule has 2 heterocycles. The molecule has 2 aromatic carbocycles. The van der Waals surface area contributed by atoms with Gasteiger partial charge in [-0.1, -0.05) is 24.3 Å². The number of benzene rings is 2. The third-order valence-electron chi connectivity index (χ3n) is 5.92. The number of hydrogen-bond acceptors (Lipinski definition) is 3. The van der Waals surface area contributed by atoms with Crippen molar-refractivity contribution in [2.24, 2.45) is 0 Å². The van der Waals surface area contributed by atoms with E-state index in [2.05, 4.69) is 9.97 Å². The highest BCUT2D eigenvalue weighted by Crippen LogP contribution is 2.38. The lowest BCUT2D eigenvalue weighted by Crippen LogP contribution is -2.25. The summed E-state index contributed by atoms with van der Waals surface area (Å²) in [6.07, 6.45) is -5.84. The smallest absolute Gasteiger partial charge is 0.347 e. The fraction of sp³-hybridized carbons (Fsp3) is 0.333. The minimum absolute atomic E-state index is 0.0693. The Morgan fingerprint density at radius 3 is 1.97 bits per heavy atom. The van der Waals surface area contributed by atoms with Gasteiger partial charge in [-0.25, -0.2) is 14.4 Å². The van der Waals surface area contributed by atoms with Gasteiger partial charge < -0.3 is 4.90 Å². The number of aromatic nitrogens is 2. The van der Waals surface area contributed by atoms with E-state index >= 15 is 4.39 Å². The molecule has 34 heavy (non-hydrogen) atoms. The third-order valence-corrected chi connectivity index (χ3v) is 5.92. The van der Waals surface area contributed by atoms with Crippen molar-refractivity contribution in [3.05, 3.63) is 88.6 Å². The van der Waals surface area contributed by atoms with E-state index in [1.807, 2.05) is 0 Å². The number of alkyl halides is 6. The first-order chi connectivity index (χ1) is 16.0. The molecular weight excluding hydrogens is 463 g/mol. The Balaban J connectivity index is 1.50. The summed E-state index contributed by atoms with van der Waals surface area (Å²) in [4.78, 5) is 9.81. The molecule has 3 nitrogen and oxygen atoms in total. The van der Waals surface area contributed by atoms with Crippen LogP contribution in [0.15, 0.2) is 54.9 Å². The van der Waals surface area contributed by atoms with Crippen molar-refractivity contribution in [3.8, 4) is 0 Å². The summed E-state index contributed by atoms with van der Waals surface area (Å²) < 4.78 is 92.1. The van der Waals surface area contributed by atoms with Crippen LogP contribution >= 0.6 is 0 Å². The molecule has 4 rings (SSSR count). The molecular formula is C24H20F7N3. The monoisotopic (exact) mass is 483 g/mol. The minimum atomic E-state index is -4.44. The quantitative estimate of drug-likeness (QED) is 0.375. The summed E-state index contributed by atoms with van der Waals surface area (Å²) in [5.74, 6) is -0.562. The van der Waals surface area contributed by atoms with Crippen molar-refractivity contribution in [1.82, 2.24) is 9.97 Å². The van der Waals surface area contributed by atoms with Crippen LogP contribution < -0.4 is 4.90 Å². The normalized spacial score (nSPS) is 16.8. The van der Waals surface area contributed by atoms with Gasteiger partial charge in [-0.05, 0) is 61.1 Å². The van der Waals surface area contributed by atoms with E-state index in [9.17, 15) is 26.3 Å². The Labute approximate surface area is 191 Å². The van der Waals surface area contributed by atoms with Gasteiger partial charge in [-0.15, -0.1) is 0 Å². The Morgan fingerprint density at radius 2 is 1.38 bits per heavy atom. The van der Waals surface area contributed by atoms with Crippen molar-refractivity contribution in [3.63, 3.8) is 0 Å². The van der Waals surface area contributed by atoms with Gasteiger partial charge in [0.1, 0.15) is 6.33 Å². The van der Waals surface area contributed by atoms with Crippen LogP contribution in [0.5, 0.6) is 0 Å². The van der Waals surface area contributed by atoms with Crippen LogP contribution in [0.3, 0.4) is 0 Å². The molecule has 0 saturated carbocycles. The van der Waals surface area contributed by atoms with Gasteiger partial charge in [0.05, 0.1) is 22.9 Å². The summed E-state index contributed by atoms with van der Waals surface area (Å²) in [7, 11) is 0. The standard InChI is InChI=1S/C24H20F7N3/c25-21-19(12-5-15-3-8-17(9-4-15)23(26,27)28)32-14-33-22(21)34-13-1-2-20(34)16-6-10-18(11-7-16)24(29,30)31/h3-4,6-11,14,20H,1-2,5,12-13H2. The Morgan fingerprint density at radius 1 is 0.794 bits per heavy atom. The molecule has 0 N–H and O–H groups in total. The second kappa shape index (κ2) is 9.23. The molecule has 1 unspecified atom stereocenters. The maximum atomic E-state index is 15.3. The van der Waals surface area contributed by atoms with Crippen molar-refractivity contribution in [2.45, 2.75) is 44.1 Å². The number of nitrogens with zero attached hydrogens (tertiary/aromatic N) is 3. The van der Waals surface area contributed by atoms with Gasteiger partial charge >= 0.3 is 12.4 Å². The molecule has 0 aliphatic carbocycles. The first-order valence-corrected chi connectivity index (χ1v) is 10.6. The number of halogens is 7. The zero-order chi connectivity index (χ0) is 24.5. The van der Waals surface area contributed by atoms with Gasteiger partial charge in [0.25, 0.3) is 0 Å². The molecule has 0 amide bonds. The predicted octanol–water partition coefficient (Wildman–Crippen LogP) is 6.78. The van der Waals surface area contributed by atoms with Gasteiger partial charge in [-0.2, -0.15) is 26.3 Å². The molecule has 1 saturated heterocycles. The van der Waals surface area contributed by atoms with Crippen molar-refractivity contribution in [2.75, 3.05) is 11.4 Å². The van der Waals surface area contributed by atoms with E-state index in [1.165, 1.54) is 30.6 Å². The summed E-state index contributed by atoms with van der Waals surface area (Å²) in [5.41, 5.74) is -0.135. The fourth-order valence-electron chi connectivity index (χ4n) is 4.15. The number of hydrogen-bond donors (Lipinski definition) is 0. The Kier molecular flexibility index (Phi) is 6.51. The summed E-state index contributed by atoms with van der Waals surface area (Å²) in [5, 5.41) is 0. The first kappa shape index (κ1) is 24.0. The Bertz CT molecular complexity index is 1120. The summed E-state index contributed by atoms with van der Waals surface area (Å²) >= 11 is 0. The average molecular weight is 483 g/mol. The van der Waals surface area contributed by atoms with Crippen molar-refractivity contribution in [1.29, 1.82) is 0 Å². The number of aryl methyl sites for hydroxylation is 2. The predicted molar refractivity (Wildman–Crippen MR) is 112 cm³/mol. The molecule has 1 aliphatic rings. The zero-order valence-electron chi connectivity index (χ0n) is 17.8. The Hall–Kier alpha value is -3.17. The SMILES string of the molecule is Fc1c(CCc2ccc(C(F)(F)F)cc2)ncnc1N1CCCC1c1ccc(C(F)(F)F)cc1. The lowest BCUT2D eigenvalue weighted by Gasteiger charge is -2.27. The second-order valence-electron chi connectivity index (χ2n) is 8.12. The lowest BCUT2D eigenvalue weighted by atomic mass is 10.0. The van der Waals surface area contributed by atoms with E-state index in [-0.39, 0.29) is 30.4 Å².